The lowest BCUT2D eigenvalue weighted by Crippen LogP contribution is -2.33. The van der Waals surface area contributed by atoms with Gasteiger partial charge in [-0.05, 0) is 99.9 Å². The van der Waals surface area contributed by atoms with Crippen molar-refractivity contribution >= 4 is 93.0 Å². The topological polar surface area (TPSA) is 199 Å². The van der Waals surface area contributed by atoms with Crippen LogP contribution in [0.5, 0.6) is 17.2 Å². The number of carbonyl (C=O) groups excluding carboxylic acids is 4. The summed E-state index contributed by atoms with van der Waals surface area (Å²) in [5.41, 5.74) is 3.60. The number of hydrogen-bond acceptors (Lipinski definition) is 9. The van der Waals surface area contributed by atoms with Gasteiger partial charge in [0.15, 0.2) is 11.9 Å². The molecule has 13 nitrogen and oxygen atoms in total. The zero-order valence-corrected chi connectivity index (χ0v) is 40.6. The number of benzene rings is 4. The van der Waals surface area contributed by atoms with E-state index in [4.69, 9.17) is 61.1 Å². The molecule has 0 bridgehead atoms. The number of hydrogen-bond donors (Lipinski definition) is 6. The highest BCUT2D eigenvalue weighted by molar-refractivity contribution is 6.38. The molecular weight excluding hydrogens is 916 g/mol. The fraction of sp³-hybridized carbons (Fsp3) is 0.396. The lowest BCUT2D eigenvalue weighted by molar-refractivity contribution is -0.148. The number of ether oxygens (including phenoxy) is 2. The number of nitrogens with one attached hydrogen (secondary N) is 4. The molecule has 4 amide bonds. The molecule has 0 aliphatic carbocycles. The molecule has 350 valence electrons. The molecule has 4 aromatic carbocycles. The molecule has 0 aliphatic heterocycles. The summed E-state index contributed by atoms with van der Waals surface area (Å²) in [6, 6.07) is 15.5. The van der Waals surface area contributed by atoms with Crippen LogP contribution < -0.4 is 26.0 Å². The fourth-order valence-electron chi connectivity index (χ4n) is 6.41. The number of amides is 4. The van der Waals surface area contributed by atoms with E-state index in [-0.39, 0.29) is 67.0 Å². The van der Waals surface area contributed by atoms with Gasteiger partial charge in [0.1, 0.15) is 17.6 Å². The van der Waals surface area contributed by atoms with Gasteiger partial charge in [-0.15, -0.1) is 0 Å². The van der Waals surface area contributed by atoms with Crippen molar-refractivity contribution in [2.24, 2.45) is 11.8 Å². The second kappa shape index (κ2) is 26.5. The van der Waals surface area contributed by atoms with Crippen molar-refractivity contribution in [1.29, 1.82) is 5.26 Å². The predicted molar refractivity (Wildman–Crippen MR) is 260 cm³/mol. The second-order valence-corrected chi connectivity index (χ2v) is 17.0. The van der Waals surface area contributed by atoms with Gasteiger partial charge in [0.25, 0.3) is 5.91 Å². The van der Waals surface area contributed by atoms with E-state index in [1.165, 1.54) is 36.4 Å². The zero-order chi connectivity index (χ0) is 48.4. The van der Waals surface area contributed by atoms with Gasteiger partial charge < -0.3 is 41.0 Å². The van der Waals surface area contributed by atoms with Gasteiger partial charge >= 0.3 is 12.0 Å². The molecule has 0 heterocycles. The highest BCUT2D eigenvalue weighted by Crippen LogP contribution is 2.40. The first kappa shape index (κ1) is 53.9. The molecule has 3 atom stereocenters. The van der Waals surface area contributed by atoms with Crippen molar-refractivity contribution < 1.29 is 38.9 Å². The predicted octanol–water partition coefficient (Wildman–Crippen LogP) is 13.0. The molecule has 0 aromatic heterocycles. The third-order valence-electron chi connectivity index (χ3n) is 10.2. The Kier molecular flexibility index (Phi) is 22.0. The van der Waals surface area contributed by atoms with E-state index in [9.17, 15) is 29.4 Å². The molecule has 3 unspecified atom stereocenters. The molecule has 0 spiro atoms. The average Bonchev–Trinajstić information content (AvgIpc) is 3.26. The van der Waals surface area contributed by atoms with Gasteiger partial charge in [-0.1, -0.05) is 112 Å². The Labute approximate surface area is 401 Å². The van der Waals surface area contributed by atoms with E-state index in [2.05, 4.69) is 28.2 Å². The van der Waals surface area contributed by atoms with Crippen molar-refractivity contribution in [3.8, 4) is 23.3 Å². The Hall–Kier alpha value is -5.39. The smallest absolute Gasteiger partial charge is 0.323 e. The number of halogens is 4. The molecule has 0 radical (unpaired) electrons. The van der Waals surface area contributed by atoms with Crippen LogP contribution in [0.4, 0.5) is 27.5 Å². The van der Waals surface area contributed by atoms with Crippen LogP contribution in [0.1, 0.15) is 102 Å². The molecule has 4 aromatic rings. The monoisotopic (exact) mass is 971 g/mol. The van der Waals surface area contributed by atoms with Crippen molar-refractivity contribution in [1.82, 2.24) is 0 Å². The van der Waals surface area contributed by atoms with E-state index in [0.29, 0.717) is 54.3 Å². The van der Waals surface area contributed by atoms with E-state index in [0.717, 1.165) is 36.8 Å². The van der Waals surface area contributed by atoms with Crippen LogP contribution in [0.2, 0.25) is 20.1 Å². The maximum atomic E-state index is 12.9. The number of phenolic OH excluding ortho intramolecular Hbond substituents is 2. The molecule has 6 N–H and O–H groups in total. The van der Waals surface area contributed by atoms with Crippen LogP contribution in [-0.2, 0) is 25.5 Å². The number of carbonyl (C=O) groups is 4. The van der Waals surface area contributed by atoms with Gasteiger partial charge in [0.05, 0.1) is 50.2 Å². The molecule has 65 heavy (non-hydrogen) atoms. The Bertz CT molecular complexity index is 2360. The molecule has 0 fully saturated rings. The number of unbranched alkanes of at least 4 members (excludes halogenated alkanes) is 2. The first-order valence-corrected chi connectivity index (χ1v) is 22.9. The van der Waals surface area contributed by atoms with E-state index in [1.54, 1.807) is 6.92 Å². The Morgan fingerprint density at radius 3 is 2.08 bits per heavy atom. The number of aromatic hydroxyl groups is 2. The number of anilines is 4. The molecule has 4 rings (SSSR count). The second-order valence-electron chi connectivity index (χ2n) is 15.4. The Balaban J connectivity index is 0.000000359. The lowest BCUT2D eigenvalue weighted by Gasteiger charge is -2.21. The standard InChI is InChI=1S/C26H30Cl2N4O5.C22H27Cl2NO3/c1-4-6-9-37-25(35)15(3)10-16(5-2)24(34)31-21-13-23(33)22(12-20(21)28)32-26(36)30-18-7-8-19(27)17(11-18)14-29;1-5-7-8-19(28-18-10-9-13(3)11-14(18)4)22(27)25-17-12-16(23)15(6-2)20(24)21(17)26/h7-8,11-13,15-16,33H,4-6,9-10H2,1-3H3,(H,31,34)(H2,30,32,36);9-12,19,26H,5-8H2,1-4H3,(H,25,27). The van der Waals surface area contributed by atoms with Crippen LogP contribution in [0.25, 0.3) is 0 Å². The van der Waals surface area contributed by atoms with Crippen molar-refractivity contribution in [2.45, 2.75) is 106 Å². The molecule has 0 saturated heterocycles. The number of esters is 1. The van der Waals surface area contributed by atoms with Gasteiger partial charge in [-0.25, -0.2) is 4.79 Å². The first-order chi connectivity index (χ1) is 30.9. The zero-order valence-electron chi connectivity index (χ0n) is 37.6. The summed E-state index contributed by atoms with van der Waals surface area (Å²) in [6.07, 6.45) is 4.71. The summed E-state index contributed by atoms with van der Waals surface area (Å²) in [6.45, 7) is 13.8. The van der Waals surface area contributed by atoms with Crippen molar-refractivity contribution in [2.75, 3.05) is 27.9 Å². The maximum Gasteiger partial charge on any atom is 0.323 e. The van der Waals surface area contributed by atoms with E-state index >= 15 is 0 Å². The van der Waals surface area contributed by atoms with Crippen molar-refractivity contribution in [3.63, 3.8) is 0 Å². The van der Waals surface area contributed by atoms with Gasteiger partial charge in [-0.2, -0.15) is 5.26 Å². The molecular formula is C48H57Cl4N5O8. The van der Waals surface area contributed by atoms with Gasteiger partial charge in [0.2, 0.25) is 5.91 Å². The average molecular weight is 974 g/mol. The van der Waals surface area contributed by atoms with Crippen LogP contribution >= 0.6 is 46.4 Å². The van der Waals surface area contributed by atoms with Crippen LogP contribution in [0, 0.1) is 37.0 Å². The molecule has 0 saturated carbocycles. The summed E-state index contributed by atoms with van der Waals surface area (Å²) in [5, 5.41) is 41.1. The Morgan fingerprint density at radius 1 is 0.769 bits per heavy atom. The highest BCUT2D eigenvalue weighted by atomic mass is 35.5. The van der Waals surface area contributed by atoms with Crippen molar-refractivity contribution in [3.05, 3.63) is 96.9 Å². The molecule has 17 heteroatoms. The number of rotatable bonds is 19. The third kappa shape index (κ3) is 16.2. The summed E-state index contributed by atoms with van der Waals surface area (Å²) >= 11 is 24.6. The maximum absolute atomic E-state index is 12.9. The van der Waals surface area contributed by atoms with E-state index in [1.807, 2.05) is 58.9 Å². The van der Waals surface area contributed by atoms with Gasteiger partial charge in [0, 0.05) is 22.7 Å². The van der Waals surface area contributed by atoms with Crippen LogP contribution in [-0.4, -0.2) is 46.7 Å². The highest BCUT2D eigenvalue weighted by Gasteiger charge is 2.26. The number of nitriles is 1. The number of urea groups is 1. The minimum Gasteiger partial charge on any atom is -0.506 e. The minimum atomic E-state index is -0.694. The first-order valence-electron chi connectivity index (χ1n) is 21.4. The molecule has 0 aliphatic rings. The number of nitrogens with zero attached hydrogens (tertiary/aromatic N) is 1. The van der Waals surface area contributed by atoms with Crippen LogP contribution in [0.3, 0.4) is 0 Å². The quantitative estimate of drug-likeness (QED) is 0.0301. The summed E-state index contributed by atoms with van der Waals surface area (Å²) in [7, 11) is 0. The minimum absolute atomic E-state index is 0.00505. The largest absolute Gasteiger partial charge is 0.506 e. The third-order valence-corrected chi connectivity index (χ3v) is 11.6. The number of aryl methyl sites for hydroxylation is 2. The number of phenols is 2. The Morgan fingerprint density at radius 2 is 1.45 bits per heavy atom. The van der Waals surface area contributed by atoms with Crippen LogP contribution in [0.15, 0.2) is 54.6 Å². The SMILES string of the molecule is CCCCC(Oc1ccc(C)cc1C)C(=O)Nc1cc(Cl)c(CC)c(Cl)c1O.CCCCOC(=O)C(C)CC(CC)C(=O)Nc1cc(O)c(NC(=O)Nc2ccc(Cl)c(C#N)c2)cc1Cl. The summed E-state index contributed by atoms with van der Waals surface area (Å²) in [4.78, 5) is 50.3. The summed E-state index contributed by atoms with van der Waals surface area (Å²) in [5.74, 6) is -1.82. The summed E-state index contributed by atoms with van der Waals surface area (Å²) < 4.78 is 11.3. The fourth-order valence-corrected chi connectivity index (χ4v) is 7.50. The van der Waals surface area contributed by atoms with E-state index < -0.39 is 24.0 Å². The van der Waals surface area contributed by atoms with Gasteiger partial charge in [-0.3, -0.25) is 14.4 Å². The normalized spacial score (nSPS) is 12.0. The lowest BCUT2D eigenvalue weighted by atomic mass is 9.93.